The largest absolute Gasteiger partial charge is 0.465 e. The highest BCUT2D eigenvalue weighted by Gasteiger charge is 2.20. The van der Waals surface area contributed by atoms with Gasteiger partial charge in [0.15, 0.2) is 0 Å². The quantitative estimate of drug-likeness (QED) is 0.694. The van der Waals surface area contributed by atoms with Gasteiger partial charge in [0, 0.05) is 6.20 Å². The van der Waals surface area contributed by atoms with Crippen LogP contribution in [0.5, 0.6) is 0 Å². The fraction of sp³-hybridized carbons (Fsp3) is 0.400. The Bertz CT molecular complexity index is 328. The molecule has 0 radical (unpaired) electrons. The first kappa shape index (κ1) is 10.6. The van der Waals surface area contributed by atoms with E-state index in [4.69, 9.17) is 4.74 Å². The second-order valence-electron chi connectivity index (χ2n) is 2.84. The van der Waals surface area contributed by atoms with Crippen LogP contribution in [0.4, 0.5) is 4.39 Å². The molecule has 0 N–H and O–H groups in total. The Kier molecular flexibility index (Phi) is 3.56. The maximum Gasteiger partial charge on any atom is 0.314 e. The zero-order valence-corrected chi connectivity index (χ0v) is 8.16. The molecule has 1 aromatic heterocycles. The molecule has 3 nitrogen and oxygen atoms in total. The first-order valence-corrected chi connectivity index (χ1v) is 4.43. The van der Waals surface area contributed by atoms with E-state index in [-0.39, 0.29) is 12.3 Å². The highest BCUT2D eigenvalue weighted by molar-refractivity contribution is 5.77. The maximum absolute atomic E-state index is 13.2. The second-order valence-corrected chi connectivity index (χ2v) is 2.84. The molecular formula is C10H12FNO2. The van der Waals surface area contributed by atoms with Gasteiger partial charge >= 0.3 is 5.97 Å². The van der Waals surface area contributed by atoms with Crippen LogP contribution in [0.2, 0.25) is 0 Å². The van der Waals surface area contributed by atoms with E-state index in [0.29, 0.717) is 0 Å². The van der Waals surface area contributed by atoms with Gasteiger partial charge in [0.05, 0.1) is 18.2 Å². The van der Waals surface area contributed by atoms with Gasteiger partial charge in [-0.25, -0.2) is 4.39 Å². The van der Waals surface area contributed by atoms with Gasteiger partial charge in [0.1, 0.15) is 5.82 Å². The topological polar surface area (TPSA) is 39.2 Å². The number of pyridine rings is 1. The van der Waals surface area contributed by atoms with Gasteiger partial charge in [-0.2, -0.15) is 0 Å². The SMILES string of the molecule is CCOC(=O)[C@H](C)c1ncccc1F. The van der Waals surface area contributed by atoms with E-state index in [9.17, 15) is 9.18 Å². The van der Waals surface area contributed by atoms with Crippen LogP contribution in [-0.4, -0.2) is 17.6 Å². The summed E-state index contributed by atoms with van der Waals surface area (Å²) in [4.78, 5) is 15.1. The Balaban J connectivity index is 2.84. The van der Waals surface area contributed by atoms with E-state index in [2.05, 4.69) is 4.98 Å². The minimum Gasteiger partial charge on any atom is -0.465 e. The van der Waals surface area contributed by atoms with Gasteiger partial charge < -0.3 is 4.74 Å². The van der Waals surface area contributed by atoms with Crippen molar-refractivity contribution >= 4 is 5.97 Å². The number of rotatable bonds is 3. The van der Waals surface area contributed by atoms with Crippen molar-refractivity contribution in [1.82, 2.24) is 4.98 Å². The highest BCUT2D eigenvalue weighted by Crippen LogP contribution is 2.17. The third-order valence-corrected chi connectivity index (χ3v) is 1.84. The van der Waals surface area contributed by atoms with Crippen molar-refractivity contribution in [2.24, 2.45) is 0 Å². The fourth-order valence-corrected chi connectivity index (χ4v) is 1.10. The lowest BCUT2D eigenvalue weighted by Gasteiger charge is -2.09. The molecule has 0 fully saturated rings. The van der Waals surface area contributed by atoms with Crippen molar-refractivity contribution in [3.8, 4) is 0 Å². The molecule has 0 aliphatic heterocycles. The molecule has 1 atom stereocenters. The fourth-order valence-electron chi connectivity index (χ4n) is 1.10. The number of ether oxygens (including phenoxy) is 1. The number of nitrogens with zero attached hydrogens (tertiary/aromatic N) is 1. The summed E-state index contributed by atoms with van der Waals surface area (Å²) in [5, 5.41) is 0. The van der Waals surface area contributed by atoms with Crippen LogP contribution in [0.15, 0.2) is 18.3 Å². The van der Waals surface area contributed by atoms with E-state index < -0.39 is 17.7 Å². The summed E-state index contributed by atoms with van der Waals surface area (Å²) in [5.41, 5.74) is 0.131. The molecule has 0 saturated heterocycles. The molecule has 0 aromatic carbocycles. The van der Waals surface area contributed by atoms with Crippen LogP contribution in [0.25, 0.3) is 0 Å². The monoisotopic (exact) mass is 197 g/mol. The second kappa shape index (κ2) is 4.69. The lowest BCUT2D eigenvalue weighted by atomic mass is 10.1. The van der Waals surface area contributed by atoms with Gasteiger partial charge in [0.2, 0.25) is 0 Å². The molecule has 1 aromatic rings. The van der Waals surface area contributed by atoms with Crippen LogP contribution in [0.1, 0.15) is 25.5 Å². The van der Waals surface area contributed by atoms with Crippen molar-refractivity contribution in [3.05, 3.63) is 29.8 Å². The smallest absolute Gasteiger partial charge is 0.314 e. The molecule has 1 rings (SSSR count). The maximum atomic E-state index is 13.2. The molecule has 0 spiro atoms. The average molecular weight is 197 g/mol. The number of aromatic nitrogens is 1. The van der Waals surface area contributed by atoms with Crippen LogP contribution in [0, 0.1) is 5.82 Å². The summed E-state index contributed by atoms with van der Waals surface area (Å²) in [5.74, 6) is -1.59. The van der Waals surface area contributed by atoms with Crippen molar-refractivity contribution in [3.63, 3.8) is 0 Å². The van der Waals surface area contributed by atoms with E-state index in [1.54, 1.807) is 13.8 Å². The van der Waals surface area contributed by atoms with Gasteiger partial charge in [0.25, 0.3) is 0 Å². The standard InChI is InChI=1S/C10H12FNO2/c1-3-14-10(13)7(2)9-8(11)5-4-6-12-9/h4-7H,3H2,1-2H3/t7-/m1/s1. The summed E-state index contributed by atoms with van der Waals surface area (Å²) in [6, 6.07) is 2.76. The molecule has 76 valence electrons. The molecule has 0 amide bonds. The van der Waals surface area contributed by atoms with Crippen LogP contribution < -0.4 is 0 Å². The lowest BCUT2D eigenvalue weighted by molar-refractivity contribution is -0.144. The lowest BCUT2D eigenvalue weighted by Crippen LogP contribution is -2.15. The summed E-state index contributed by atoms with van der Waals surface area (Å²) in [6.45, 7) is 3.57. The number of esters is 1. The van der Waals surface area contributed by atoms with E-state index >= 15 is 0 Å². The predicted octanol–water partition coefficient (Wildman–Crippen LogP) is 1.89. The van der Waals surface area contributed by atoms with Gasteiger partial charge in [-0.05, 0) is 26.0 Å². The van der Waals surface area contributed by atoms with Gasteiger partial charge in [-0.1, -0.05) is 0 Å². The third-order valence-electron chi connectivity index (χ3n) is 1.84. The van der Waals surface area contributed by atoms with Crippen LogP contribution >= 0.6 is 0 Å². The molecule has 0 aliphatic carbocycles. The molecule has 4 heteroatoms. The first-order chi connectivity index (χ1) is 6.66. The number of carbonyl (C=O) groups is 1. The Morgan fingerprint density at radius 1 is 1.71 bits per heavy atom. The van der Waals surface area contributed by atoms with E-state index in [1.165, 1.54) is 18.3 Å². The first-order valence-electron chi connectivity index (χ1n) is 4.43. The third kappa shape index (κ3) is 2.28. The predicted molar refractivity (Wildman–Crippen MR) is 49.2 cm³/mol. The summed E-state index contributed by atoms with van der Waals surface area (Å²) in [7, 11) is 0. The van der Waals surface area contributed by atoms with E-state index in [1.807, 2.05) is 0 Å². The number of carbonyl (C=O) groups excluding carboxylic acids is 1. The Hall–Kier alpha value is -1.45. The van der Waals surface area contributed by atoms with Crippen molar-refractivity contribution < 1.29 is 13.9 Å². The van der Waals surface area contributed by atoms with E-state index in [0.717, 1.165) is 0 Å². The minimum absolute atomic E-state index is 0.131. The molecule has 0 aliphatic rings. The molecule has 14 heavy (non-hydrogen) atoms. The number of halogens is 1. The minimum atomic E-state index is -0.656. The van der Waals surface area contributed by atoms with Crippen molar-refractivity contribution in [2.45, 2.75) is 19.8 Å². The zero-order valence-electron chi connectivity index (χ0n) is 8.16. The molecule has 0 saturated carbocycles. The number of hydrogen-bond donors (Lipinski definition) is 0. The molecule has 0 bridgehead atoms. The highest BCUT2D eigenvalue weighted by atomic mass is 19.1. The summed E-state index contributed by atoms with van der Waals surface area (Å²) in [6.07, 6.45) is 1.45. The Morgan fingerprint density at radius 2 is 2.43 bits per heavy atom. The molecule has 0 unspecified atom stereocenters. The zero-order chi connectivity index (χ0) is 10.6. The number of hydrogen-bond acceptors (Lipinski definition) is 3. The van der Waals surface area contributed by atoms with Crippen molar-refractivity contribution in [2.75, 3.05) is 6.61 Å². The van der Waals surface area contributed by atoms with Gasteiger partial charge in [-0.3, -0.25) is 9.78 Å². The van der Waals surface area contributed by atoms with Crippen LogP contribution in [-0.2, 0) is 9.53 Å². The molecular weight excluding hydrogens is 185 g/mol. The van der Waals surface area contributed by atoms with Crippen LogP contribution in [0.3, 0.4) is 0 Å². The van der Waals surface area contributed by atoms with Gasteiger partial charge in [-0.15, -0.1) is 0 Å². The Morgan fingerprint density at radius 3 is 3.00 bits per heavy atom. The Labute approximate surface area is 81.9 Å². The average Bonchev–Trinajstić information content (AvgIpc) is 2.18. The summed E-state index contributed by atoms with van der Waals surface area (Å²) < 4.78 is 17.9. The normalized spacial score (nSPS) is 12.2. The van der Waals surface area contributed by atoms with Crippen molar-refractivity contribution in [1.29, 1.82) is 0 Å². The summed E-state index contributed by atoms with van der Waals surface area (Å²) >= 11 is 0. The molecule has 1 heterocycles.